The molecular weight excluding hydrogens is 550 g/mol. The highest BCUT2D eigenvalue weighted by atomic mass is 35.5. The summed E-state index contributed by atoms with van der Waals surface area (Å²) in [7, 11) is 1.70. The number of benzene rings is 3. The monoisotopic (exact) mass is 585 g/mol. The molecule has 0 saturated heterocycles. The Morgan fingerprint density at radius 1 is 0.976 bits per heavy atom. The molecule has 218 valence electrons. The van der Waals surface area contributed by atoms with Crippen molar-refractivity contribution in [2.75, 3.05) is 13.9 Å². The van der Waals surface area contributed by atoms with Crippen LogP contribution >= 0.6 is 0 Å². The van der Waals surface area contributed by atoms with Crippen molar-refractivity contribution in [2.45, 2.75) is 65.1 Å². The molecule has 3 aromatic carbocycles. The molecule has 5 aromatic rings. The topological polar surface area (TPSA) is 58.6 Å². The first-order valence-electron chi connectivity index (χ1n) is 14.8. The molecule has 0 aliphatic carbocycles. The Balaban J connectivity index is 0.00000316. The Morgan fingerprint density at radius 3 is 2.67 bits per heavy atom. The zero-order valence-electron chi connectivity index (χ0n) is 24.2. The molecule has 0 radical (unpaired) electrons. The van der Waals surface area contributed by atoms with Crippen LogP contribution in [-0.4, -0.2) is 23.5 Å². The van der Waals surface area contributed by atoms with E-state index in [9.17, 15) is 0 Å². The first-order valence-corrected chi connectivity index (χ1v) is 14.8. The number of hydrogen-bond acceptors (Lipinski definition) is 5. The second kappa shape index (κ2) is 12.1. The molecule has 2 aliphatic heterocycles. The predicted octanol–water partition coefficient (Wildman–Crippen LogP) is 3.99. The number of aryl methyl sites for hydroxylation is 3. The van der Waals surface area contributed by atoms with Gasteiger partial charge in [0.05, 0.1) is 29.1 Å². The first-order chi connectivity index (χ1) is 20.2. The van der Waals surface area contributed by atoms with Gasteiger partial charge in [0, 0.05) is 19.0 Å². The molecule has 4 heterocycles. The zero-order valence-corrected chi connectivity index (χ0v) is 25.0. The van der Waals surface area contributed by atoms with Crippen molar-refractivity contribution in [1.29, 1.82) is 0 Å². The van der Waals surface area contributed by atoms with Gasteiger partial charge in [-0.05, 0) is 53.8 Å². The number of hydrogen-bond donors (Lipinski definition) is 0. The lowest BCUT2D eigenvalue weighted by Crippen LogP contribution is -3.00. The van der Waals surface area contributed by atoms with Crippen LogP contribution in [0.2, 0.25) is 0 Å². The maximum atomic E-state index is 6.61. The second-order valence-electron chi connectivity index (χ2n) is 10.9. The van der Waals surface area contributed by atoms with Crippen molar-refractivity contribution in [3.63, 3.8) is 0 Å². The lowest BCUT2D eigenvalue weighted by molar-refractivity contribution is -0.686. The number of pyridine rings is 1. The van der Waals surface area contributed by atoms with E-state index in [4.69, 9.17) is 23.9 Å². The smallest absolute Gasteiger partial charge is 0.231 e. The summed E-state index contributed by atoms with van der Waals surface area (Å²) in [6, 6.07) is 19.0. The van der Waals surface area contributed by atoms with Gasteiger partial charge in [0.15, 0.2) is 35.7 Å². The molecule has 7 rings (SSSR count). The van der Waals surface area contributed by atoms with E-state index in [-0.39, 0.29) is 19.2 Å². The van der Waals surface area contributed by atoms with Gasteiger partial charge in [0.25, 0.3) is 0 Å². The van der Waals surface area contributed by atoms with Crippen molar-refractivity contribution in [3.05, 3.63) is 72.2 Å². The van der Waals surface area contributed by atoms with Crippen LogP contribution in [-0.2, 0) is 26.1 Å². The van der Waals surface area contributed by atoms with E-state index in [1.165, 1.54) is 36.8 Å². The van der Waals surface area contributed by atoms with Crippen LogP contribution in [0.3, 0.4) is 0 Å². The zero-order chi connectivity index (χ0) is 27.8. The Kier molecular flexibility index (Phi) is 8.11. The summed E-state index contributed by atoms with van der Waals surface area (Å²) < 4.78 is 28.4. The third-order valence-corrected chi connectivity index (χ3v) is 8.36. The molecule has 0 N–H and O–H groups in total. The molecule has 0 saturated carbocycles. The van der Waals surface area contributed by atoms with Gasteiger partial charge < -0.3 is 35.9 Å². The Morgan fingerprint density at radius 2 is 1.81 bits per heavy atom. The summed E-state index contributed by atoms with van der Waals surface area (Å²) in [5, 5.41) is 2.13. The number of imidazole rings is 1. The molecule has 42 heavy (non-hydrogen) atoms. The van der Waals surface area contributed by atoms with Crippen molar-refractivity contribution >= 4 is 21.8 Å². The standard InChI is InChI=1S/C34H36N3O4.ClH/c1-3-4-5-6-9-15-37-28-11-8-7-10-27(28)35-33(37)21-39-34-26-20-36-16-14-24-18-31-32(41-22-40-31)19-25(24)29(36)17-23(26)12-13-30(34)38-2;/h7-8,10-13,17-20H,3-6,9,14-16,21-22H2,1-2H3;1H/q+1;/p-1. The van der Waals surface area contributed by atoms with E-state index < -0.39 is 0 Å². The largest absolute Gasteiger partial charge is 1.00 e. The summed E-state index contributed by atoms with van der Waals surface area (Å²) in [6.45, 7) is 4.72. The van der Waals surface area contributed by atoms with Gasteiger partial charge in [-0.2, -0.15) is 4.57 Å². The van der Waals surface area contributed by atoms with E-state index in [1.54, 1.807) is 7.11 Å². The Labute approximate surface area is 252 Å². The molecule has 0 spiro atoms. The molecular formula is C34H36ClN3O4. The summed E-state index contributed by atoms with van der Waals surface area (Å²) in [5.74, 6) is 4.06. The highest BCUT2D eigenvalue weighted by molar-refractivity contribution is 5.91. The quantitative estimate of drug-likeness (QED) is 0.183. The van der Waals surface area contributed by atoms with Crippen LogP contribution in [0.1, 0.15) is 50.4 Å². The summed E-state index contributed by atoms with van der Waals surface area (Å²) >= 11 is 0. The number of fused-ring (bicyclic) bond motifs is 6. The van der Waals surface area contributed by atoms with Crippen LogP contribution < -0.4 is 35.9 Å². The third-order valence-electron chi connectivity index (χ3n) is 8.36. The minimum absolute atomic E-state index is 0. The van der Waals surface area contributed by atoms with Gasteiger partial charge in [-0.1, -0.05) is 44.7 Å². The number of methoxy groups -OCH3 is 1. The highest BCUT2D eigenvalue weighted by Gasteiger charge is 2.29. The summed E-state index contributed by atoms with van der Waals surface area (Å²) in [4.78, 5) is 4.97. The minimum atomic E-state index is 0. The fourth-order valence-electron chi connectivity index (χ4n) is 6.20. The number of nitrogens with zero attached hydrogens (tertiary/aromatic N) is 3. The summed E-state index contributed by atoms with van der Waals surface area (Å²) in [6.07, 6.45) is 9.31. The average molecular weight is 586 g/mol. The van der Waals surface area contributed by atoms with E-state index in [0.29, 0.717) is 6.61 Å². The van der Waals surface area contributed by atoms with Gasteiger partial charge in [-0.3, -0.25) is 0 Å². The highest BCUT2D eigenvalue weighted by Crippen LogP contribution is 2.42. The van der Waals surface area contributed by atoms with E-state index in [0.717, 1.165) is 82.3 Å². The van der Waals surface area contributed by atoms with Crippen molar-refractivity contribution < 1.29 is 35.9 Å². The lowest BCUT2D eigenvalue weighted by Gasteiger charge is -2.18. The second-order valence-corrected chi connectivity index (χ2v) is 10.9. The molecule has 0 unspecified atom stereocenters. The number of unbranched alkanes of at least 4 members (excludes halogenated alkanes) is 4. The molecule has 2 aromatic heterocycles. The van der Waals surface area contributed by atoms with Crippen LogP contribution in [0.5, 0.6) is 23.0 Å². The fraction of sp³-hybridized carbons (Fsp3) is 0.353. The Bertz CT molecular complexity index is 1750. The number of ether oxygens (including phenoxy) is 4. The van der Waals surface area contributed by atoms with Crippen LogP contribution in [0, 0.1) is 0 Å². The number of rotatable bonds is 10. The van der Waals surface area contributed by atoms with Gasteiger partial charge >= 0.3 is 0 Å². The molecule has 8 heteroatoms. The fourth-order valence-corrected chi connectivity index (χ4v) is 6.20. The average Bonchev–Trinajstić information content (AvgIpc) is 3.61. The van der Waals surface area contributed by atoms with Gasteiger partial charge in [0.2, 0.25) is 12.5 Å². The van der Waals surface area contributed by atoms with Crippen LogP contribution in [0.15, 0.2) is 60.8 Å². The SMILES string of the molecule is CCCCCCCn1c(COc2c(OC)ccc3cc4[n+](cc23)CCc2cc3c(cc2-4)OCO3)nc2ccccc21.[Cl-]. The summed E-state index contributed by atoms with van der Waals surface area (Å²) in [5.41, 5.74) is 5.81. The van der Waals surface area contributed by atoms with Crippen LogP contribution in [0.4, 0.5) is 0 Å². The maximum Gasteiger partial charge on any atom is 0.231 e. The molecule has 0 fully saturated rings. The molecule has 0 amide bonds. The Hall–Kier alpha value is -3.97. The van der Waals surface area contributed by atoms with Gasteiger partial charge in [-0.25, -0.2) is 4.98 Å². The van der Waals surface area contributed by atoms with Crippen molar-refractivity contribution in [2.24, 2.45) is 0 Å². The molecule has 2 aliphatic rings. The predicted molar refractivity (Wildman–Crippen MR) is 159 cm³/mol. The molecule has 7 nitrogen and oxygen atoms in total. The van der Waals surface area contributed by atoms with Crippen molar-refractivity contribution in [3.8, 4) is 34.3 Å². The normalized spacial score (nSPS) is 13.1. The van der Waals surface area contributed by atoms with E-state index in [2.05, 4.69) is 64.7 Å². The lowest BCUT2D eigenvalue weighted by atomic mass is 9.95. The molecule has 0 atom stereocenters. The van der Waals surface area contributed by atoms with Crippen molar-refractivity contribution in [1.82, 2.24) is 9.55 Å². The number of aromatic nitrogens is 3. The third kappa shape index (κ3) is 5.11. The molecule has 0 bridgehead atoms. The van der Waals surface area contributed by atoms with Gasteiger partial charge in [0.1, 0.15) is 12.4 Å². The number of para-hydroxylation sites is 2. The minimum Gasteiger partial charge on any atom is -1.00 e. The van der Waals surface area contributed by atoms with E-state index >= 15 is 0 Å². The van der Waals surface area contributed by atoms with E-state index in [1.807, 2.05) is 12.1 Å². The first kappa shape index (κ1) is 28.2. The van der Waals surface area contributed by atoms with Gasteiger partial charge in [-0.15, -0.1) is 0 Å². The maximum absolute atomic E-state index is 6.61. The van der Waals surface area contributed by atoms with Crippen LogP contribution in [0.25, 0.3) is 33.1 Å². The number of halogens is 1.